The van der Waals surface area contributed by atoms with Crippen LogP contribution in [0.3, 0.4) is 0 Å². The van der Waals surface area contributed by atoms with Gasteiger partial charge in [-0.1, -0.05) is 52.0 Å². The molecule has 1 aliphatic heterocycles. The summed E-state index contributed by atoms with van der Waals surface area (Å²) in [6.45, 7) is 8.94. The quantitative estimate of drug-likeness (QED) is 0.193. The largest absolute Gasteiger partial charge is 0.497 e. The average molecular weight is 493 g/mol. The van der Waals surface area contributed by atoms with E-state index < -0.39 is 0 Å². The Morgan fingerprint density at radius 1 is 1.03 bits per heavy atom. The number of allylic oxidation sites excluding steroid dienone is 1. The lowest BCUT2D eigenvalue weighted by molar-refractivity contribution is -0.271. The lowest BCUT2D eigenvalue weighted by Crippen LogP contribution is -2.50. The summed E-state index contributed by atoms with van der Waals surface area (Å²) < 4.78 is 34.3. The molecule has 0 unspecified atom stereocenters. The molecule has 35 heavy (non-hydrogen) atoms. The van der Waals surface area contributed by atoms with Crippen molar-refractivity contribution in [1.82, 2.24) is 0 Å². The maximum absolute atomic E-state index is 11.5. The van der Waals surface area contributed by atoms with Crippen molar-refractivity contribution in [2.45, 2.75) is 71.7 Å². The highest BCUT2D eigenvalue weighted by molar-refractivity contribution is 5.54. The number of rotatable bonds is 15. The molecular weight excluding hydrogens is 448 g/mol. The number of carbonyl (C=O) groups is 1. The number of benzene rings is 1. The Labute approximate surface area is 211 Å². The number of hydrogen-bond acceptors (Lipinski definition) is 7. The predicted octanol–water partition coefficient (Wildman–Crippen LogP) is 5.02. The molecule has 7 nitrogen and oxygen atoms in total. The molecule has 1 aromatic rings. The van der Waals surface area contributed by atoms with Crippen molar-refractivity contribution in [1.29, 1.82) is 0 Å². The fourth-order valence-electron chi connectivity index (χ4n) is 4.77. The summed E-state index contributed by atoms with van der Waals surface area (Å²) in [7, 11) is 4.95. The Hall–Kier alpha value is -1.77. The molecule has 8 atom stereocenters. The molecule has 1 heterocycles. The molecule has 0 saturated carbocycles. The van der Waals surface area contributed by atoms with Gasteiger partial charge in [-0.25, -0.2) is 0 Å². The second-order valence-corrected chi connectivity index (χ2v) is 9.52. The van der Waals surface area contributed by atoms with Crippen LogP contribution in [-0.2, 0) is 35.1 Å². The van der Waals surface area contributed by atoms with Crippen molar-refractivity contribution in [2.24, 2.45) is 23.7 Å². The van der Waals surface area contributed by atoms with E-state index in [0.717, 1.165) is 30.4 Å². The fourth-order valence-corrected chi connectivity index (χ4v) is 4.77. The van der Waals surface area contributed by atoms with Crippen LogP contribution < -0.4 is 4.74 Å². The third-order valence-corrected chi connectivity index (χ3v) is 6.88. The van der Waals surface area contributed by atoms with Gasteiger partial charge in [0.1, 0.15) is 18.8 Å². The van der Waals surface area contributed by atoms with Gasteiger partial charge in [-0.05, 0) is 30.5 Å². The normalized spacial score (nSPS) is 27.5. The summed E-state index contributed by atoms with van der Waals surface area (Å²) >= 11 is 0. The van der Waals surface area contributed by atoms with Gasteiger partial charge in [0.05, 0.1) is 32.0 Å². The Balaban J connectivity index is 1.92. The van der Waals surface area contributed by atoms with E-state index in [-0.39, 0.29) is 55.1 Å². The van der Waals surface area contributed by atoms with Crippen LogP contribution in [0.25, 0.3) is 0 Å². The molecule has 0 radical (unpaired) electrons. The van der Waals surface area contributed by atoms with Crippen LogP contribution in [0.4, 0.5) is 0 Å². The molecule has 0 aliphatic carbocycles. The summed E-state index contributed by atoms with van der Waals surface area (Å²) in [5, 5.41) is 0. The minimum absolute atomic E-state index is 0.00530. The lowest BCUT2D eigenvalue weighted by Gasteiger charge is -2.43. The second-order valence-electron chi connectivity index (χ2n) is 9.52. The molecular formula is C28H44O7. The Bertz CT molecular complexity index is 750. The van der Waals surface area contributed by atoms with Crippen LogP contribution in [0.5, 0.6) is 5.75 Å². The maximum atomic E-state index is 11.5. The molecule has 1 fully saturated rings. The highest BCUT2D eigenvalue weighted by Crippen LogP contribution is 2.34. The standard InChI is InChI=1S/C28H44O7/c1-19(26(20(2)16-29)33-17-23-12-14-24(31-6)15-13-23)10-8-9-11-25-21(3)27(34-18-30-5)22(4)28(32-7)35-25/h8,10,12-16,19-22,25-28H,9,11,17-18H2,1-7H3/b10-8-/t19-,20-,21+,22+,25-,26-,27-,28+/m0/s1. The third-order valence-electron chi connectivity index (χ3n) is 6.88. The molecule has 1 saturated heterocycles. The van der Waals surface area contributed by atoms with Crippen molar-refractivity contribution in [2.75, 3.05) is 28.1 Å². The summed E-state index contributed by atoms with van der Waals surface area (Å²) in [6.07, 6.45) is 6.49. The SMILES string of the molecule is COCO[C@@H]1[C@@H](C)[C@H](OC)O[C@@H](CC/C=C\[C@H](C)[C@H](OCc2ccc(OC)cc2)[C@@H](C)C=O)[C@H]1C. The third kappa shape index (κ3) is 8.69. The highest BCUT2D eigenvalue weighted by atomic mass is 16.7. The number of aldehydes is 1. The summed E-state index contributed by atoms with van der Waals surface area (Å²) in [5.41, 5.74) is 1.04. The summed E-state index contributed by atoms with van der Waals surface area (Å²) in [5.74, 6) is 1.01. The van der Waals surface area contributed by atoms with Crippen molar-refractivity contribution in [3.8, 4) is 5.75 Å². The van der Waals surface area contributed by atoms with Crippen molar-refractivity contribution < 1.29 is 33.2 Å². The number of ether oxygens (including phenoxy) is 6. The van der Waals surface area contributed by atoms with Gasteiger partial charge in [0.15, 0.2) is 6.29 Å². The van der Waals surface area contributed by atoms with Gasteiger partial charge >= 0.3 is 0 Å². The topological polar surface area (TPSA) is 72.5 Å². The Morgan fingerprint density at radius 3 is 2.34 bits per heavy atom. The minimum atomic E-state index is -0.301. The van der Waals surface area contributed by atoms with Gasteiger partial charge in [0.25, 0.3) is 0 Å². The zero-order valence-corrected chi connectivity index (χ0v) is 22.3. The van der Waals surface area contributed by atoms with E-state index >= 15 is 0 Å². The van der Waals surface area contributed by atoms with Crippen molar-refractivity contribution >= 4 is 6.29 Å². The fraction of sp³-hybridized carbons (Fsp3) is 0.679. The molecule has 2 rings (SSSR count). The molecule has 0 spiro atoms. The molecule has 0 aromatic heterocycles. The van der Waals surface area contributed by atoms with Crippen LogP contribution in [0.2, 0.25) is 0 Å². The Kier molecular flexibility index (Phi) is 12.9. The summed E-state index contributed by atoms with van der Waals surface area (Å²) in [4.78, 5) is 11.5. The average Bonchev–Trinajstić information content (AvgIpc) is 2.87. The molecule has 198 valence electrons. The second kappa shape index (κ2) is 15.4. The molecule has 1 aliphatic rings. The van der Waals surface area contributed by atoms with E-state index in [9.17, 15) is 4.79 Å². The summed E-state index contributed by atoms with van der Waals surface area (Å²) in [6, 6.07) is 7.78. The van der Waals surface area contributed by atoms with Gasteiger partial charge < -0.3 is 33.2 Å². The number of methoxy groups -OCH3 is 3. The first kappa shape index (κ1) is 29.5. The van der Waals surface area contributed by atoms with Gasteiger partial charge in [-0.2, -0.15) is 0 Å². The Morgan fingerprint density at radius 2 is 1.74 bits per heavy atom. The number of carbonyl (C=O) groups excluding carboxylic acids is 1. The predicted molar refractivity (Wildman–Crippen MR) is 135 cm³/mol. The highest BCUT2D eigenvalue weighted by Gasteiger charge is 2.42. The van der Waals surface area contributed by atoms with E-state index in [1.165, 1.54) is 0 Å². The minimum Gasteiger partial charge on any atom is -0.497 e. The van der Waals surface area contributed by atoms with Gasteiger partial charge in [-0.15, -0.1) is 0 Å². The van der Waals surface area contributed by atoms with Crippen LogP contribution in [0, 0.1) is 23.7 Å². The van der Waals surface area contributed by atoms with E-state index in [4.69, 9.17) is 28.4 Å². The maximum Gasteiger partial charge on any atom is 0.162 e. The first-order valence-electron chi connectivity index (χ1n) is 12.5. The van der Waals surface area contributed by atoms with Crippen molar-refractivity contribution in [3.05, 3.63) is 42.0 Å². The van der Waals surface area contributed by atoms with Crippen LogP contribution in [0.15, 0.2) is 36.4 Å². The van der Waals surface area contributed by atoms with E-state index in [2.05, 4.69) is 32.9 Å². The molecule has 0 bridgehead atoms. The zero-order chi connectivity index (χ0) is 25.8. The number of hydrogen-bond donors (Lipinski definition) is 0. The van der Waals surface area contributed by atoms with Crippen LogP contribution in [-0.4, -0.2) is 59.0 Å². The van der Waals surface area contributed by atoms with Crippen LogP contribution >= 0.6 is 0 Å². The van der Waals surface area contributed by atoms with Crippen LogP contribution in [0.1, 0.15) is 46.1 Å². The molecule has 0 N–H and O–H groups in total. The van der Waals surface area contributed by atoms with Gasteiger partial charge in [0.2, 0.25) is 0 Å². The van der Waals surface area contributed by atoms with E-state index in [1.807, 2.05) is 31.2 Å². The van der Waals surface area contributed by atoms with Crippen molar-refractivity contribution in [3.63, 3.8) is 0 Å². The monoisotopic (exact) mass is 492 g/mol. The molecule has 7 heteroatoms. The van der Waals surface area contributed by atoms with Gasteiger partial charge in [-0.3, -0.25) is 0 Å². The van der Waals surface area contributed by atoms with E-state index in [1.54, 1.807) is 21.3 Å². The van der Waals surface area contributed by atoms with E-state index in [0.29, 0.717) is 6.61 Å². The molecule has 1 aromatic carbocycles. The lowest BCUT2D eigenvalue weighted by atomic mass is 9.84. The first-order chi connectivity index (χ1) is 16.9. The molecule has 0 amide bonds. The zero-order valence-electron chi connectivity index (χ0n) is 22.3. The van der Waals surface area contributed by atoms with Gasteiger partial charge in [0, 0.05) is 37.9 Å². The first-order valence-corrected chi connectivity index (χ1v) is 12.5. The smallest absolute Gasteiger partial charge is 0.162 e.